The first-order valence-corrected chi connectivity index (χ1v) is 7.73. The molecule has 2 rings (SSSR count). The number of aldehydes is 1. The number of hydrogen-bond acceptors (Lipinski definition) is 4. The predicted molar refractivity (Wildman–Crippen MR) is 90.5 cm³/mol. The van der Waals surface area contributed by atoms with Gasteiger partial charge in [0.1, 0.15) is 18.6 Å². The molecule has 0 amide bonds. The van der Waals surface area contributed by atoms with Crippen molar-refractivity contribution < 1.29 is 14.6 Å². The molecular formula is C19H23NO3. The topological polar surface area (TPSA) is 49.8 Å². The first kappa shape index (κ1) is 17.2. The van der Waals surface area contributed by atoms with Crippen LogP contribution in [0.5, 0.6) is 5.75 Å². The van der Waals surface area contributed by atoms with E-state index in [9.17, 15) is 9.90 Å². The van der Waals surface area contributed by atoms with E-state index >= 15 is 0 Å². The Morgan fingerprint density at radius 3 is 2.39 bits per heavy atom. The molecule has 0 aromatic heterocycles. The van der Waals surface area contributed by atoms with E-state index in [2.05, 4.69) is 0 Å². The van der Waals surface area contributed by atoms with Gasteiger partial charge < -0.3 is 14.6 Å². The number of carbonyl (C=O) groups excluding carboxylic acids is 1. The average molecular weight is 313 g/mol. The van der Waals surface area contributed by atoms with Gasteiger partial charge in [0.2, 0.25) is 0 Å². The molecule has 0 heterocycles. The number of aliphatic hydroxyl groups excluding tert-OH is 1. The Labute approximate surface area is 137 Å². The van der Waals surface area contributed by atoms with Crippen LogP contribution in [0.1, 0.15) is 11.1 Å². The summed E-state index contributed by atoms with van der Waals surface area (Å²) in [6, 6.07) is 17.8. The number of benzene rings is 2. The summed E-state index contributed by atoms with van der Waals surface area (Å²) in [4.78, 5) is 12.4. The summed E-state index contributed by atoms with van der Waals surface area (Å²) in [6.07, 6.45) is 1.54. The minimum Gasteiger partial charge on any atom is -0.489 e. The van der Waals surface area contributed by atoms with Gasteiger partial charge in [0.05, 0.1) is 13.2 Å². The molecule has 0 aliphatic heterocycles. The van der Waals surface area contributed by atoms with Crippen LogP contribution in [0.4, 0.5) is 0 Å². The van der Waals surface area contributed by atoms with E-state index < -0.39 is 0 Å². The van der Waals surface area contributed by atoms with Crippen LogP contribution < -0.4 is 4.74 Å². The van der Waals surface area contributed by atoms with E-state index in [1.54, 1.807) is 0 Å². The third kappa shape index (κ3) is 5.51. The van der Waals surface area contributed by atoms with Crippen LogP contribution in [0.2, 0.25) is 0 Å². The van der Waals surface area contributed by atoms with Gasteiger partial charge in [-0.05, 0) is 36.7 Å². The third-order valence-electron chi connectivity index (χ3n) is 3.84. The van der Waals surface area contributed by atoms with Gasteiger partial charge >= 0.3 is 0 Å². The summed E-state index contributed by atoms with van der Waals surface area (Å²) >= 11 is 0. The molecule has 23 heavy (non-hydrogen) atoms. The summed E-state index contributed by atoms with van der Waals surface area (Å²) in [6.45, 7) is 0.890. The lowest BCUT2D eigenvalue weighted by atomic mass is 10.1. The van der Waals surface area contributed by atoms with Crippen molar-refractivity contribution in [3.05, 3.63) is 65.7 Å². The molecule has 0 saturated heterocycles. The Hall–Kier alpha value is -2.17. The Bertz CT molecular complexity index is 583. The van der Waals surface area contributed by atoms with Crippen molar-refractivity contribution in [2.75, 3.05) is 20.2 Å². The lowest BCUT2D eigenvalue weighted by Crippen LogP contribution is -2.37. The molecule has 0 aliphatic carbocycles. The maximum Gasteiger partial charge on any atom is 0.133 e. The van der Waals surface area contributed by atoms with Crippen molar-refractivity contribution in [1.82, 2.24) is 4.90 Å². The number of rotatable bonds is 9. The zero-order valence-electron chi connectivity index (χ0n) is 13.4. The lowest BCUT2D eigenvalue weighted by Gasteiger charge is -2.24. The molecule has 0 aliphatic rings. The van der Waals surface area contributed by atoms with Gasteiger partial charge in [-0.2, -0.15) is 0 Å². The Kier molecular flexibility index (Phi) is 6.78. The molecule has 2 aromatic carbocycles. The highest BCUT2D eigenvalue weighted by Gasteiger charge is 2.13. The number of hydrogen-bond donors (Lipinski definition) is 1. The highest BCUT2D eigenvalue weighted by Crippen LogP contribution is 2.16. The van der Waals surface area contributed by atoms with Gasteiger partial charge in [-0.1, -0.05) is 42.5 Å². The molecule has 1 N–H and O–H groups in total. The highest BCUT2D eigenvalue weighted by atomic mass is 16.5. The summed E-state index contributed by atoms with van der Waals surface area (Å²) in [5.74, 6) is 0.819. The van der Waals surface area contributed by atoms with Crippen LogP contribution in [0.15, 0.2) is 54.6 Å². The second-order valence-electron chi connectivity index (χ2n) is 5.56. The molecule has 4 nitrogen and oxygen atoms in total. The van der Waals surface area contributed by atoms with Crippen molar-refractivity contribution in [2.24, 2.45) is 0 Å². The quantitative estimate of drug-likeness (QED) is 0.722. The minimum atomic E-state index is -0.0590. The van der Waals surface area contributed by atoms with E-state index in [0.717, 1.165) is 23.2 Å². The van der Waals surface area contributed by atoms with Crippen molar-refractivity contribution >= 4 is 6.29 Å². The largest absolute Gasteiger partial charge is 0.489 e. The molecule has 0 unspecified atom stereocenters. The van der Waals surface area contributed by atoms with Gasteiger partial charge in [0.15, 0.2) is 0 Å². The molecule has 1 atom stereocenters. The van der Waals surface area contributed by atoms with E-state index in [0.29, 0.717) is 19.6 Å². The minimum absolute atomic E-state index is 0.0244. The van der Waals surface area contributed by atoms with E-state index in [-0.39, 0.29) is 12.6 Å². The van der Waals surface area contributed by atoms with Gasteiger partial charge in [0, 0.05) is 6.04 Å². The van der Waals surface area contributed by atoms with Gasteiger partial charge in [-0.3, -0.25) is 4.90 Å². The van der Waals surface area contributed by atoms with Crippen LogP contribution in [0.3, 0.4) is 0 Å². The average Bonchev–Trinajstić information content (AvgIpc) is 2.60. The van der Waals surface area contributed by atoms with Gasteiger partial charge in [-0.25, -0.2) is 0 Å². The fraction of sp³-hybridized carbons (Fsp3) is 0.316. The third-order valence-corrected chi connectivity index (χ3v) is 3.84. The summed E-state index contributed by atoms with van der Waals surface area (Å²) in [5, 5.41) is 9.47. The van der Waals surface area contributed by atoms with Crippen molar-refractivity contribution in [3.63, 3.8) is 0 Å². The molecule has 0 spiro atoms. The Morgan fingerprint density at radius 2 is 1.78 bits per heavy atom. The monoisotopic (exact) mass is 313 g/mol. The molecule has 2 aromatic rings. The zero-order chi connectivity index (χ0) is 16.5. The van der Waals surface area contributed by atoms with Crippen molar-refractivity contribution in [2.45, 2.75) is 19.1 Å². The van der Waals surface area contributed by atoms with Gasteiger partial charge in [-0.15, -0.1) is 0 Å². The van der Waals surface area contributed by atoms with Crippen molar-refractivity contribution in [3.8, 4) is 5.75 Å². The maximum atomic E-state index is 10.6. The maximum absolute atomic E-state index is 10.6. The van der Waals surface area contributed by atoms with Crippen LogP contribution in [0, 0.1) is 0 Å². The van der Waals surface area contributed by atoms with Crippen LogP contribution in [0.25, 0.3) is 0 Å². The second kappa shape index (κ2) is 9.08. The van der Waals surface area contributed by atoms with E-state index in [1.807, 2.05) is 66.5 Å². The van der Waals surface area contributed by atoms with Crippen LogP contribution >= 0.6 is 0 Å². The first-order valence-electron chi connectivity index (χ1n) is 7.73. The van der Waals surface area contributed by atoms with E-state index in [1.165, 1.54) is 0 Å². The fourth-order valence-corrected chi connectivity index (χ4v) is 2.36. The highest BCUT2D eigenvalue weighted by molar-refractivity contribution is 5.52. The number of ether oxygens (including phenoxy) is 1. The molecule has 4 heteroatoms. The summed E-state index contributed by atoms with van der Waals surface area (Å²) in [7, 11) is 1.84. The van der Waals surface area contributed by atoms with E-state index in [4.69, 9.17) is 4.74 Å². The molecule has 122 valence electrons. The molecule has 0 saturated carbocycles. The summed E-state index contributed by atoms with van der Waals surface area (Å²) < 4.78 is 5.76. The SMILES string of the molecule is CN(CC=O)[C@H](CO)Cc1ccc(OCc2ccccc2)cc1. The normalized spacial score (nSPS) is 12.1. The smallest absolute Gasteiger partial charge is 0.133 e. The predicted octanol–water partition coefficient (Wildman–Crippen LogP) is 2.30. The number of carbonyl (C=O) groups is 1. The number of likely N-dealkylation sites (N-methyl/N-ethyl adjacent to an activating group) is 1. The fourth-order valence-electron chi connectivity index (χ4n) is 2.36. The Morgan fingerprint density at radius 1 is 1.09 bits per heavy atom. The zero-order valence-corrected chi connectivity index (χ0v) is 13.4. The van der Waals surface area contributed by atoms with Gasteiger partial charge in [0.25, 0.3) is 0 Å². The lowest BCUT2D eigenvalue weighted by molar-refractivity contribution is -0.109. The standard InChI is InChI=1S/C19H23NO3/c1-20(11-12-21)18(14-22)13-16-7-9-19(10-8-16)23-15-17-5-3-2-4-6-17/h2-10,12,18,22H,11,13-15H2,1H3/t18-/m0/s1. The first-order chi connectivity index (χ1) is 11.2. The molecular weight excluding hydrogens is 290 g/mol. The van der Waals surface area contributed by atoms with Crippen molar-refractivity contribution in [1.29, 1.82) is 0 Å². The molecule has 0 radical (unpaired) electrons. The second-order valence-corrected chi connectivity index (χ2v) is 5.56. The molecule has 0 bridgehead atoms. The number of nitrogens with zero attached hydrogens (tertiary/aromatic N) is 1. The molecule has 0 fully saturated rings. The van der Waals surface area contributed by atoms with Crippen LogP contribution in [-0.2, 0) is 17.8 Å². The van der Waals surface area contributed by atoms with Crippen LogP contribution in [-0.4, -0.2) is 42.5 Å². The Balaban J connectivity index is 1.89. The number of aliphatic hydroxyl groups is 1. The summed E-state index contributed by atoms with van der Waals surface area (Å²) in [5.41, 5.74) is 2.24.